The molecule has 0 unspecified atom stereocenters. The number of aromatic nitrogens is 3. The molecule has 1 amide bonds. The number of amides is 1. The highest BCUT2D eigenvalue weighted by atomic mass is 32.1. The molecule has 0 fully saturated rings. The van der Waals surface area contributed by atoms with E-state index in [0.717, 1.165) is 33.4 Å². The molecule has 0 bridgehead atoms. The first-order valence-electron chi connectivity index (χ1n) is 8.96. The van der Waals surface area contributed by atoms with Gasteiger partial charge in [0.05, 0.1) is 23.3 Å². The Morgan fingerprint density at radius 1 is 1.14 bits per heavy atom. The molecule has 0 radical (unpaired) electrons. The van der Waals surface area contributed by atoms with Crippen molar-refractivity contribution in [3.8, 4) is 9.88 Å². The van der Waals surface area contributed by atoms with Crippen molar-refractivity contribution < 1.29 is 4.79 Å². The maximum Gasteiger partial charge on any atom is 0.263 e. The highest BCUT2D eigenvalue weighted by Gasteiger charge is 2.16. The molecular formula is C21H20N4OS2. The van der Waals surface area contributed by atoms with Crippen LogP contribution in [-0.2, 0) is 13.1 Å². The largest absolute Gasteiger partial charge is 0.347 e. The van der Waals surface area contributed by atoms with Gasteiger partial charge in [0.25, 0.3) is 5.91 Å². The summed E-state index contributed by atoms with van der Waals surface area (Å²) in [5, 5.41) is 10.6. The summed E-state index contributed by atoms with van der Waals surface area (Å²) in [7, 11) is 0. The van der Waals surface area contributed by atoms with E-state index in [9.17, 15) is 4.79 Å². The molecule has 0 aliphatic carbocycles. The molecule has 142 valence electrons. The Labute approximate surface area is 171 Å². The molecule has 4 aromatic rings. The van der Waals surface area contributed by atoms with E-state index < -0.39 is 0 Å². The lowest BCUT2D eigenvalue weighted by molar-refractivity contribution is 0.0954. The van der Waals surface area contributed by atoms with Gasteiger partial charge in [0.2, 0.25) is 0 Å². The number of nitrogens with zero attached hydrogens (tertiary/aromatic N) is 3. The van der Waals surface area contributed by atoms with Gasteiger partial charge >= 0.3 is 0 Å². The van der Waals surface area contributed by atoms with E-state index in [2.05, 4.69) is 27.5 Å². The van der Waals surface area contributed by atoms with E-state index in [1.54, 1.807) is 17.5 Å². The summed E-state index contributed by atoms with van der Waals surface area (Å²) in [5.74, 6) is -0.102. The van der Waals surface area contributed by atoms with Gasteiger partial charge < -0.3 is 5.32 Å². The quantitative estimate of drug-likeness (QED) is 0.505. The number of hydrogen-bond acceptors (Lipinski definition) is 5. The Balaban J connectivity index is 1.44. The van der Waals surface area contributed by atoms with Crippen LogP contribution in [0.25, 0.3) is 9.88 Å². The van der Waals surface area contributed by atoms with E-state index in [0.29, 0.717) is 11.4 Å². The molecule has 0 atom stereocenters. The maximum absolute atomic E-state index is 12.6. The third kappa shape index (κ3) is 3.90. The van der Waals surface area contributed by atoms with Crippen LogP contribution in [0.1, 0.15) is 32.2 Å². The fraction of sp³-hybridized carbons (Fsp3) is 0.190. The van der Waals surface area contributed by atoms with Crippen molar-refractivity contribution in [3.63, 3.8) is 0 Å². The second-order valence-corrected chi connectivity index (χ2v) is 8.46. The molecule has 0 saturated heterocycles. The maximum atomic E-state index is 12.6. The van der Waals surface area contributed by atoms with Gasteiger partial charge in [-0.3, -0.25) is 9.48 Å². The Morgan fingerprint density at radius 3 is 2.71 bits per heavy atom. The van der Waals surface area contributed by atoms with Crippen LogP contribution in [-0.4, -0.2) is 20.7 Å². The highest BCUT2D eigenvalue weighted by Crippen LogP contribution is 2.28. The number of hydrogen-bond donors (Lipinski definition) is 1. The normalized spacial score (nSPS) is 10.9. The first kappa shape index (κ1) is 18.6. The molecule has 1 aromatic carbocycles. The number of thiophene rings is 1. The van der Waals surface area contributed by atoms with Crippen LogP contribution < -0.4 is 5.32 Å². The van der Waals surface area contributed by atoms with Gasteiger partial charge in [-0.1, -0.05) is 36.4 Å². The van der Waals surface area contributed by atoms with Crippen molar-refractivity contribution >= 4 is 28.6 Å². The van der Waals surface area contributed by atoms with Crippen molar-refractivity contribution in [3.05, 3.63) is 81.4 Å². The van der Waals surface area contributed by atoms with Gasteiger partial charge in [-0.05, 0) is 30.9 Å². The molecule has 0 aliphatic heterocycles. The number of carbonyl (C=O) groups is 1. The second kappa shape index (κ2) is 8.08. The molecule has 7 heteroatoms. The molecule has 0 spiro atoms. The van der Waals surface area contributed by atoms with E-state index in [1.165, 1.54) is 16.9 Å². The zero-order valence-corrected chi connectivity index (χ0v) is 17.3. The Hall–Kier alpha value is -2.77. The minimum absolute atomic E-state index is 0.102. The lowest BCUT2D eigenvalue weighted by Crippen LogP contribution is -2.22. The fourth-order valence-electron chi connectivity index (χ4n) is 3.05. The van der Waals surface area contributed by atoms with Gasteiger partial charge in [0, 0.05) is 17.8 Å². The van der Waals surface area contributed by atoms with E-state index in [-0.39, 0.29) is 5.91 Å². The molecule has 0 saturated carbocycles. The number of benzene rings is 1. The van der Waals surface area contributed by atoms with Crippen molar-refractivity contribution in [2.75, 3.05) is 0 Å². The molecule has 3 heterocycles. The van der Waals surface area contributed by atoms with E-state index in [4.69, 9.17) is 0 Å². The van der Waals surface area contributed by atoms with Crippen LogP contribution in [0.4, 0.5) is 0 Å². The molecule has 28 heavy (non-hydrogen) atoms. The van der Waals surface area contributed by atoms with Crippen molar-refractivity contribution in [2.45, 2.75) is 26.9 Å². The topological polar surface area (TPSA) is 59.8 Å². The van der Waals surface area contributed by atoms with Crippen LogP contribution >= 0.6 is 22.7 Å². The standard InChI is InChI=1S/C21H20N4OS2/c1-14-17(15(2)25(24-14)13-16-7-4-3-5-8-16)11-22-20(26)19-12-23-21(28-19)18-9-6-10-27-18/h3-10,12H,11,13H2,1-2H3,(H,22,26). The van der Waals surface area contributed by atoms with Gasteiger partial charge in [0.15, 0.2) is 0 Å². The average Bonchev–Trinajstić information content (AvgIpc) is 3.43. The summed E-state index contributed by atoms with van der Waals surface area (Å²) >= 11 is 3.04. The van der Waals surface area contributed by atoms with Gasteiger partial charge in [-0.15, -0.1) is 22.7 Å². The Morgan fingerprint density at radius 2 is 1.96 bits per heavy atom. The van der Waals surface area contributed by atoms with Crippen LogP contribution in [0.15, 0.2) is 54.0 Å². The van der Waals surface area contributed by atoms with Gasteiger partial charge in [-0.2, -0.15) is 5.10 Å². The van der Waals surface area contributed by atoms with Crippen LogP contribution in [0.3, 0.4) is 0 Å². The zero-order chi connectivity index (χ0) is 19.5. The zero-order valence-electron chi connectivity index (χ0n) is 15.7. The molecule has 5 nitrogen and oxygen atoms in total. The van der Waals surface area contributed by atoms with Gasteiger partial charge in [-0.25, -0.2) is 4.98 Å². The SMILES string of the molecule is Cc1nn(Cc2ccccc2)c(C)c1CNC(=O)c1cnc(-c2cccs2)s1. The second-order valence-electron chi connectivity index (χ2n) is 6.48. The summed E-state index contributed by atoms with van der Waals surface area (Å²) in [4.78, 5) is 18.6. The predicted molar refractivity (Wildman–Crippen MR) is 114 cm³/mol. The summed E-state index contributed by atoms with van der Waals surface area (Å²) < 4.78 is 1.99. The van der Waals surface area contributed by atoms with Crippen molar-refractivity contribution in [1.82, 2.24) is 20.1 Å². The lowest BCUT2D eigenvalue weighted by Gasteiger charge is -2.07. The third-order valence-electron chi connectivity index (χ3n) is 4.59. The first-order valence-corrected chi connectivity index (χ1v) is 10.7. The summed E-state index contributed by atoms with van der Waals surface area (Å²) in [5.41, 5.74) is 4.28. The van der Waals surface area contributed by atoms with Crippen LogP contribution in [0.5, 0.6) is 0 Å². The predicted octanol–water partition coefficient (Wildman–Crippen LogP) is 4.66. The first-order chi connectivity index (χ1) is 13.6. The lowest BCUT2D eigenvalue weighted by atomic mass is 10.2. The smallest absolute Gasteiger partial charge is 0.263 e. The molecular weight excluding hydrogens is 388 g/mol. The van der Waals surface area contributed by atoms with E-state index >= 15 is 0 Å². The highest BCUT2D eigenvalue weighted by molar-refractivity contribution is 7.21. The monoisotopic (exact) mass is 408 g/mol. The molecule has 4 rings (SSSR count). The average molecular weight is 409 g/mol. The Kier molecular flexibility index (Phi) is 5.36. The van der Waals surface area contributed by atoms with Crippen molar-refractivity contribution in [2.24, 2.45) is 0 Å². The molecule has 3 aromatic heterocycles. The number of thiazole rings is 1. The Bertz CT molecular complexity index is 1080. The summed E-state index contributed by atoms with van der Waals surface area (Å²) in [6, 6.07) is 14.2. The van der Waals surface area contributed by atoms with Crippen molar-refractivity contribution in [1.29, 1.82) is 0 Å². The van der Waals surface area contributed by atoms with Crippen LogP contribution in [0, 0.1) is 13.8 Å². The van der Waals surface area contributed by atoms with Gasteiger partial charge in [0.1, 0.15) is 9.88 Å². The minimum Gasteiger partial charge on any atom is -0.347 e. The third-order valence-corrected chi connectivity index (χ3v) is 6.63. The number of rotatable bonds is 6. The number of carbonyl (C=O) groups excluding carboxylic acids is 1. The molecule has 1 N–H and O–H groups in total. The molecule has 0 aliphatic rings. The summed E-state index contributed by atoms with van der Waals surface area (Å²) in [6.07, 6.45) is 1.65. The van der Waals surface area contributed by atoms with Crippen LogP contribution in [0.2, 0.25) is 0 Å². The number of nitrogens with one attached hydrogen (secondary N) is 1. The number of aryl methyl sites for hydroxylation is 1. The summed E-state index contributed by atoms with van der Waals surface area (Å²) in [6.45, 7) is 5.21. The minimum atomic E-state index is -0.102. The van der Waals surface area contributed by atoms with E-state index in [1.807, 2.05) is 54.2 Å². The fourth-order valence-corrected chi connectivity index (χ4v) is 4.69.